The molecule has 126 valence electrons. The summed E-state index contributed by atoms with van der Waals surface area (Å²) in [5, 5.41) is 0. The Morgan fingerprint density at radius 2 is 2.13 bits per heavy atom. The molecular formula is C17H24N2O4. The van der Waals surface area contributed by atoms with Crippen LogP contribution in [0.5, 0.6) is 0 Å². The number of carbonyl (C=O) groups is 2. The maximum Gasteiger partial charge on any atom is 0.257 e. The number of ether oxygens (including phenoxy) is 1. The standard InChI is InChI=1S/C17H24N2O4/c1-22-12-10-19-9-6-17(16(19)21)4-2-7-18(8-5-17)15(20)14-3-11-23-13-14/h3,11,13H,2,4-10,12H2,1H3. The van der Waals surface area contributed by atoms with E-state index in [-0.39, 0.29) is 17.2 Å². The zero-order chi connectivity index (χ0) is 16.3. The second kappa shape index (κ2) is 6.74. The van der Waals surface area contributed by atoms with Crippen LogP contribution in [0.3, 0.4) is 0 Å². The highest BCUT2D eigenvalue weighted by atomic mass is 16.5. The molecule has 2 fully saturated rings. The Morgan fingerprint density at radius 3 is 2.87 bits per heavy atom. The van der Waals surface area contributed by atoms with Crippen LogP contribution in [0.1, 0.15) is 36.0 Å². The van der Waals surface area contributed by atoms with Gasteiger partial charge in [-0.25, -0.2) is 0 Å². The van der Waals surface area contributed by atoms with Gasteiger partial charge in [0.25, 0.3) is 5.91 Å². The van der Waals surface area contributed by atoms with E-state index >= 15 is 0 Å². The van der Waals surface area contributed by atoms with Gasteiger partial charge in [0, 0.05) is 33.3 Å². The second-order valence-electron chi connectivity index (χ2n) is 6.47. The van der Waals surface area contributed by atoms with Gasteiger partial charge in [0.2, 0.25) is 5.91 Å². The molecule has 1 spiro atoms. The molecule has 0 radical (unpaired) electrons. The summed E-state index contributed by atoms with van der Waals surface area (Å²) in [7, 11) is 1.65. The van der Waals surface area contributed by atoms with Gasteiger partial charge in [-0.05, 0) is 31.7 Å². The van der Waals surface area contributed by atoms with E-state index in [9.17, 15) is 9.59 Å². The summed E-state index contributed by atoms with van der Waals surface area (Å²) in [5.41, 5.74) is 0.305. The van der Waals surface area contributed by atoms with E-state index in [1.54, 1.807) is 13.2 Å². The van der Waals surface area contributed by atoms with Gasteiger partial charge >= 0.3 is 0 Å². The number of amides is 2. The first-order chi connectivity index (χ1) is 11.2. The fourth-order valence-corrected chi connectivity index (χ4v) is 3.74. The third kappa shape index (κ3) is 3.13. The van der Waals surface area contributed by atoms with E-state index in [0.29, 0.717) is 31.8 Å². The summed E-state index contributed by atoms with van der Waals surface area (Å²) in [4.78, 5) is 29.0. The predicted octanol–water partition coefficient (Wildman–Crippen LogP) is 1.77. The lowest BCUT2D eigenvalue weighted by Gasteiger charge is -2.26. The molecule has 2 saturated heterocycles. The van der Waals surface area contributed by atoms with Crippen molar-refractivity contribution in [2.75, 3.05) is 39.9 Å². The fraction of sp³-hybridized carbons (Fsp3) is 0.647. The number of hydrogen-bond acceptors (Lipinski definition) is 4. The second-order valence-corrected chi connectivity index (χ2v) is 6.47. The number of carbonyl (C=O) groups excluding carboxylic acids is 2. The Hall–Kier alpha value is -1.82. The van der Waals surface area contributed by atoms with Crippen LogP contribution >= 0.6 is 0 Å². The Kier molecular flexibility index (Phi) is 4.71. The molecule has 0 aromatic carbocycles. The molecule has 2 aliphatic rings. The third-order valence-electron chi connectivity index (χ3n) is 5.17. The van der Waals surface area contributed by atoms with E-state index in [1.807, 2.05) is 9.80 Å². The SMILES string of the molecule is COCCN1CCC2(CCCN(C(=O)c3ccoc3)CC2)C1=O. The zero-order valence-electron chi connectivity index (χ0n) is 13.6. The Labute approximate surface area is 136 Å². The molecule has 6 nitrogen and oxygen atoms in total. The van der Waals surface area contributed by atoms with Crippen molar-refractivity contribution in [2.24, 2.45) is 5.41 Å². The Bertz CT molecular complexity index is 557. The van der Waals surface area contributed by atoms with E-state index in [1.165, 1.54) is 12.5 Å². The molecule has 1 aromatic rings. The van der Waals surface area contributed by atoms with Crippen molar-refractivity contribution in [1.29, 1.82) is 0 Å². The number of rotatable bonds is 4. The van der Waals surface area contributed by atoms with Gasteiger partial charge in [-0.1, -0.05) is 0 Å². The van der Waals surface area contributed by atoms with Crippen LogP contribution in [0.2, 0.25) is 0 Å². The molecule has 1 atom stereocenters. The van der Waals surface area contributed by atoms with Crippen LogP contribution < -0.4 is 0 Å². The summed E-state index contributed by atoms with van der Waals surface area (Å²) in [6, 6.07) is 1.69. The smallest absolute Gasteiger partial charge is 0.257 e. The largest absolute Gasteiger partial charge is 0.472 e. The Morgan fingerprint density at radius 1 is 1.30 bits per heavy atom. The molecule has 2 aliphatic heterocycles. The maximum absolute atomic E-state index is 12.8. The van der Waals surface area contributed by atoms with Crippen molar-refractivity contribution in [3.8, 4) is 0 Å². The molecule has 1 unspecified atom stereocenters. The van der Waals surface area contributed by atoms with Crippen LogP contribution in [0, 0.1) is 5.41 Å². The van der Waals surface area contributed by atoms with E-state index in [2.05, 4.69) is 0 Å². The molecule has 0 N–H and O–H groups in total. The van der Waals surface area contributed by atoms with Crippen molar-refractivity contribution in [3.05, 3.63) is 24.2 Å². The molecular weight excluding hydrogens is 296 g/mol. The first-order valence-corrected chi connectivity index (χ1v) is 8.26. The first-order valence-electron chi connectivity index (χ1n) is 8.26. The molecule has 0 aliphatic carbocycles. The van der Waals surface area contributed by atoms with Gasteiger partial charge in [0.05, 0.1) is 23.8 Å². The molecule has 0 bridgehead atoms. The van der Waals surface area contributed by atoms with Crippen molar-refractivity contribution >= 4 is 11.8 Å². The van der Waals surface area contributed by atoms with Gasteiger partial charge in [-0.3, -0.25) is 9.59 Å². The number of hydrogen-bond donors (Lipinski definition) is 0. The van der Waals surface area contributed by atoms with E-state index < -0.39 is 0 Å². The number of nitrogens with zero attached hydrogens (tertiary/aromatic N) is 2. The minimum absolute atomic E-state index is 0.00233. The summed E-state index contributed by atoms with van der Waals surface area (Å²) in [5.74, 6) is 0.240. The van der Waals surface area contributed by atoms with Gasteiger partial charge < -0.3 is 19.0 Å². The number of likely N-dealkylation sites (tertiary alicyclic amines) is 2. The van der Waals surface area contributed by atoms with Gasteiger partial charge in [0.15, 0.2) is 0 Å². The number of furan rings is 1. The Balaban J connectivity index is 1.64. The van der Waals surface area contributed by atoms with Gasteiger partial charge in [-0.2, -0.15) is 0 Å². The molecule has 1 aromatic heterocycles. The highest BCUT2D eigenvalue weighted by Gasteiger charge is 2.47. The van der Waals surface area contributed by atoms with Crippen molar-refractivity contribution in [3.63, 3.8) is 0 Å². The molecule has 3 heterocycles. The minimum atomic E-state index is -0.279. The summed E-state index contributed by atoms with van der Waals surface area (Å²) in [6.45, 7) is 3.38. The van der Waals surface area contributed by atoms with Gasteiger partial charge in [0.1, 0.15) is 6.26 Å². The lowest BCUT2D eigenvalue weighted by atomic mass is 9.79. The quantitative estimate of drug-likeness (QED) is 0.848. The average Bonchev–Trinajstić information content (AvgIpc) is 3.12. The highest BCUT2D eigenvalue weighted by Crippen LogP contribution is 2.41. The topological polar surface area (TPSA) is 63.0 Å². The maximum atomic E-state index is 12.8. The molecule has 2 amide bonds. The summed E-state index contributed by atoms with van der Waals surface area (Å²) in [6.07, 6.45) is 6.37. The minimum Gasteiger partial charge on any atom is -0.472 e. The van der Waals surface area contributed by atoms with Crippen LogP contribution in [0.25, 0.3) is 0 Å². The zero-order valence-corrected chi connectivity index (χ0v) is 13.6. The van der Waals surface area contributed by atoms with E-state index in [4.69, 9.17) is 9.15 Å². The lowest BCUT2D eigenvalue weighted by Crippen LogP contribution is -2.37. The molecule has 3 rings (SSSR count). The number of methoxy groups -OCH3 is 1. The van der Waals surface area contributed by atoms with Crippen molar-refractivity contribution in [1.82, 2.24) is 9.80 Å². The lowest BCUT2D eigenvalue weighted by molar-refractivity contribution is -0.137. The van der Waals surface area contributed by atoms with E-state index in [0.717, 1.165) is 32.2 Å². The average molecular weight is 320 g/mol. The van der Waals surface area contributed by atoms with Crippen LogP contribution in [0.15, 0.2) is 23.0 Å². The van der Waals surface area contributed by atoms with Crippen molar-refractivity contribution < 1.29 is 18.7 Å². The van der Waals surface area contributed by atoms with Crippen LogP contribution in [-0.2, 0) is 9.53 Å². The third-order valence-corrected chi connectivity index (χ3v) is 5.17. The highest BCUT2D eigenvalue weighted by molar-refractivity contribution is 5.94. The molecule has 6 heteroatoms. The normalized spacial score (nSPS) is 25.2. The first kappa shape index (κ1) is 16.1. The van der Waals surface area contributed by atoms with Crippen molar-refractivity contribution in [2.45, 2.75) is 25.7 Å². The van der Waals surface area contributed by atoms with Crippen LogP contribution in [0.4, 0.5) is 0 Å². The predicted molar refractivity (Wildman–Crippen MR) is 84.0 cm³/mol. The molecule has 23 heavy (non-hydrogen) atoms. The fourth-order valence-electron chi connectivity index (χ4n) is 3.74. The summed E-state index contributed by atoms with van der Waals surface area (Å²) < 4.78 is 10.1. The monoisotopic (exact) mass is 320 g/mol. The summed E-state index contributed by atoms with van der Waals surface area (Å²) >= 11 is 0. The molecule has 0 saturated carbocycles. The van der Waals surface area contributed by atoms with Gasteiger partial charge in [-0.15, -0.1) is 0 Å². The van der Waals surface area contributed by atoms with Crippen LogP contribution in [-0.4, -0.2) is 61.5 Å².